The monoisotopic (exact) mass is 293 g/mol. The highest BCUT2D eigenvalue weighted by Crippen LogP contribution is 2.11. The quantitative estimate of drug-likeness (QED) is 0.513. The van der Waals surface area contributed by atoms with Crippen LogP contribution >= 0.6 is 0 Å². The Kier molecular flexibility index (Phi) is 8.47. The number of likely N-dealkylation sites (N-methyl/N-ethyl adjacent to an activating group) is 1. The molecule has 0 aliphatic carbocycles. The van der Waals surface area contributed by atoms with Crippen molar-refractivity contribution in [3.63, 3.8) is 0 Å². The maximum atomic E-state index is 11.8. The number of benzene rings is 1. The Morgan fingerprint density at radius 3 is 2.57 bits per heavy atom. The lowest BCUT2D eigenvalue weighted by molar-refractivity contribution is -0.116. The van der Waals surface area contributed by atoms with Crippen LogP contribution in [0.4, 0.5) is 11.4 Å². The van der Waals surface area contributed by atoms with Crippen LogP contribution in [-0.2, 0) is 9.53 Å². The summed E-state index contributed by atoms with van der Waals surface area (Å²) in [7, 11) is 0. The van der Waals surface area contributed by atoms with Gasteiger partial charge in [-0.25, -0.2) is 0 Å². The zero-order chi connectivity index (χ0) is 15.5. The molecule has 0 atom stereocenters. The van der Waals surface area contributed by atoms with E-state index in [0.29, 0.717) is 12.1 Å². The Balaban J connectivity index is 2.21. The molecule has 3 N–H and O–H groups in total. The van der Waals surface area contributed by atoms with E-state index in [4.69, 9.17) is 10.5 Å². The van der Waals surface area contributed by atoms with Gasteiger partial charge in [0.25, 0.3) is 0 Å². The van der Waals surface area contributed by atoms with E-state index < -0.39 is 0 Å². The third kappa shape index (κ3) is 7.68. The normalized spacial score (nSPS) is 10.8. The van der Waals surface area contributed by atoms with Crippen molar-refractivity contribution in [1.82, 2.24) is 4.90 Å². The number of carbonyl (C=O) groups is 1. The van der Waals surface area contributed by atoms with Crippen molar-refractivity contribution >= 4 is 17.3 Å². The molecule has 0 saturated heterocycles. The van der Waals surface area contributed by atoms with Gasteiger partial charge in [0.05, 0.1) is 6.61 Å². The first-order valence-corrected chi connectivity index (χ1v) is 7.61. The molecule has 0 fully saturated rings. The lowest BCUT2D eigenvalue weighted by Crippen LogP contribution is -2.29. The fourth-order valence-corrected chi connectivity index (χ4v) is 2.02. The van der Waals surface area contributed by atoms with Gasteiger partial charge < -0.3 is 20.7 Å². The summed E-state index contributed by atoms with van der Waals surface area (Å²) in [6.07, 6.45) is 1.37. The molecule has 1 aromatic rings. The van der Waals surface area contributed by atoms with Gasteiger partial charge in [-0.15, -0.1) is 0 Å². The predicted molar refractivity (Wildman–Crippen MR) is 87.3 cm³/mol. The Bertz CT molecular complexity index is 406. The van der Waals surface area contributed by atoms with Crippen molar-refractivity contribution < 1.29 is 9.53 Å². The summed E-state index contributed by atoms with van der Waals surface area (Å²) in [4.78, 5) is 14.1. The van der Waals surface area contributed by atoms with E-state index in [-0.39, 0.29) is 5.91 Å². The molecule has 0 heterocycles. The summed E-state index contributed by atoms with van der Waals surface area (Å²) in [6, 6.07) is 7.19. The molecular formula is C16H27N3O2. The molecule has 0 bridgehead atoms. The van der Waals surface area contributed by atoms with Crippen LogP contribution in [0.2, 0.25) is 0 Å². The van der Waals surface area contributed by atoms with Crippen molar-refractivity contribution in [3.05, 3.63) is 24.3 Å². The highest BCUT2D eigenvalue weighted by atomic mass is 16.5. The molecule has 0 spiro atoms. The van der Waals surface area contributed by atoms with Gasteiger partial charge in [-0.05, 0) is 50.7 Å². The third-order valence-electron chi connectivity index (χ3n) is 3.28. The van der Waals surface area contributed by atoms with Crippen molar-refractivity contribution in [2.24, 2.45) is 0 Å². The number of carbonyl (C=O) groups excluding carboxylic acids is 1. The predicted octanol–water partition coefficient (Wildman–Crippen LogP) is 2.35. The number of nitrogens with two attached hydrogens (primary N) is 1. The molecule has 0 aromatic heterocycles. The molecule has 21 heavy (non-hydrogen) atoms. The van der Waals surface area contributed by atoms with Gasteiger partial charge in [0.15, 0.2) is 0 Å². The Hall–Kier alpha value is -1.59. The van der Waals surface area contributed by atoms with Crippen molar-refractivity contribution in [1.29, 1.82) is 0 Å². The molecule has 0 unspecified atom stereocenters. The van der Waals surface area contributed by atoms with Crippen molar-refractivity contribution in [3.8, 4) is 0 Å². The second-order valence-corrected chi connectivity index (χ2v) is 4.90. The Labute approximate surface area is 127 Å². The summed E-state index contributed by atoms with van der Waals surface area (Å²) >= 11 is 0. The van der Waals surface area contributed by atoms with Gasteiger partial charge in [0.2, 0.25) is 5.91 Å². The zero-order valence-electron chi connectivity index (χ0n) is 13.1. The molecule has 1 amide bonds. The van der Waals surface area contributed by atoms with Crippen LogP contribution < -0.4 is 11.1 Å². The number of nitrogen functional groups attached to an aromatic ring is 1. The van der Waals surface area contributed by atoms with E-state index in [1.807, 2.05) is 19.1 Å². The number of nitrogens with zero attached hydrogens (tertiary/aromatic N) is 1. The molecule has 0 radical (unpaired) electrons. The fourth-order valence-electron chi connectivity index (χ4n) is 2.02. The molecule has 118 valence electrons. The maximum absolute atomic E-state index is 11.8. The molecule has 0 aliphatic heterocycles. The van der Waals surface area contributed by atoms with Crippen molar-refractivity contribution in [2.75, 3.05) is 43.9 Å². The largest absolute Gasteiger partial charge is 0.399 e. The number of ether oxygens (including phenoxy) is 1. The first-order valence-electron chi connectivity index (χ1n) is 7.61. The summed E-state index contributed by atoms with van der Waals surface area (Å²) in [5.74, 6) is 0.0423. The van der Waals surface area contributed by atoms with Gasteiger partial charge in [-0.3, -0.25) is 4.79 Å². The number of hydrogen-bond acceptors (Lipinski definition) is 4. The van der Waals surface area contributed by atoms with Crippen LogP contribution in [0.3, 0.4) is 0 Å². The average Bonchev–Trinajstić information content (AvgIpc) is 2.48. The van der Waals surface area contributed by atoms with Gasteiger partial charge in [-0.1, -0.05) is 6.92 Å². The van der Waals surface area contributed by atoms with E-state index in [9.17, 15) is 4.79 Å². The smallest absolute Gasteiger partial charge is 0.224 e. The molecule has 0 aliphatic rings. The van der Waals surface area contributed by atoms with E-state index in [2.05, 4.69) is 17.1 Å². The average molecular weight is 293 g/mol. The maximum Gasteiger partial charge on any atom is 0.224 e. The number of anilines is 2. The highest BCUT2D eigenvalue weighted by Gasteiger charge is 2.05. The summed E-state index contributed by atoms with van der Waals surface area (Å²) < 4.78 is 5.35. The van der Waals surface area contributed by atoms with Gasteiger partial charge in [-0.2, -0.15) is 0 Å². The zero-order valence-corrected chi connectivity index (χ0v) is 13.1. The highest BCUT2D eigenvalue weighted by molar-refractivity contribution is 5.90. The summed E-state index contributed by atoms with van der Waals surface area (Å²) in [5.41, 5.74) is 7.09. The summed E-state index contributed by atoms with van der Waals surface area (Å²) in [6.45, 7) is 8.44. The molecular weight excluding hydrogens is 266 g/mol. The van der Waals surface area contributed by atoms with E-state index >= 15 is 0 Å². The van der Waals surface area contributed by atoms with E-state index in [1.165, 1.54) is 0 Å². The second-order valence-electron chi connectivity index (χ2n) is 4.90. The van der Waals surface area contributed by atoms with Crippen LogP contribution in [-0.4, -0.2) is 43.7 Å². The number of hydrogen-bond donors (Lipinski definition) is 2. The molecule has 5 heteroatoms. The summed E-state index contributed by atoms with van der Waals surface area (Å²) in [5, 5.41) is 2.88. The number of nitrogens with one attached hydrogen (secondary N) is 1. The van der Waals surface area contributed by atoms with Gasteiger partial charge in [0, 0.05) is 30.9 Å². The molecule has 1 aromatic carbocycles. The van der Waals surface area contributed by atoms with Crippen LogP contribution in [0.15, 0.2) is 24.3 Å². The number of amides is 1. The van der Waals surface area contributed by atoms with Crippen LogP contribution in [0.5, 0.6) is 0 Å². The van der Waals surface area contributed by atoms with Crippen LogP contribution in [0.1, 0.15) is 26.7 Å². The van der Waals surface area contributed by atoms with E-state index in [0.717, 1.165) is 45.0 Å². The lowest BCUT2D eigenvalue weighted by Gasteiger charge is -2.19. The SMILES string of the molecule is CCOCCN(CC)CCCC(=O)Nc1ccc(N)cc1. The first-order chi connectivity index (χ1) is 10.2. The molecule has 1 rings (SSSR count). The molecule has 0 saturated carbocycles. The minimum absolute atomic E-state index is 0.0423. The van der Waals surface area contributed by atoms with Crippen LogP contribution in [0.25, 0.3) is 0 Å². The third-order valence-corrected chi connectivity index (χ3v) is 3.28. The van der Waals surface area contributed by atoms with Gasteiger partial charge in [0.1, 0.15) is 0 Å². The molecule has 5 nitrogen and oxygen atoms in total. The number of rotatable bonds is 10. The topological polar surface area (TPSA) is 67.6 Å². The minimum Gasteiger partial charge on any atom is -0.399 e. The van der Waals surface area contributed by atoms with Crippen molar-refractivity contribution in [2.45, 2.75) is 26.7 Å². The van der Waals surface area contributed by atoms with Gasteiger partial charge >= 0.3 is 0 Å². The lowest BCUT2D eigenvalue weighted by atomic mass is 10.2. The Morgan fingerprint density at radius 2 is 1.95 bits per heavy atom. The minimum atomic E-state index is 0.0423. The standard InChI is InChI=1S/C16H27N3O2/c1-3-19(12-13-21-4-2)11-5-6-16(20)18-15-9-7-14(17)8-10-15/h7-10H,3-6,11-13,17H2,1-2H3,(H,18,20). The van der Waals surface area contributed by atoms with Crippen LogP contribution in [0, 0.1) is 0 Å². The second kappa shape index (κ2) is 10.2. The first kappa shape index (κ1) is 17.5. The Morgan fingerprint density at radius 1 is 1.24 bits per heavy atom. The fraction of sp³-hybridized carbons (Fsp3) is 0.562. The van der Waals surface area contributed by atoms with E-state index in [1.54, 1.807) is 12.1 Å².